The number of fused-ring (bicyclic) bond motifs is 1. The molecule has 0 bridgehead atoms. The van der Waals surface area contributed by atoms with E-state index in [-0.39, 0.29) is 10.7 Å². The standard InChI is InChI=1S/C19H13FN2O3S/c1-11(18(23)22-15-5-3-2-4-12(15)10-21)25-19(24)17-9-13-8-14(20)6-7-16(13)26-17/h2-9,11H,1H3,(H,22,23)/t11-/m0/s1. The molecule has 0 aliphatic heterocycles. The minimum Gasteiger partial charge on any atom is -0.448 e. The molecule has 1 atom stereocenters. The minimum atomic E-state index is -1.06. The van der Waals surface area contributed by atoms with E-state index < -0.39 is 18.0 Å². The van der Waals surface area contributed by atoms with Crippen molar-refractivity contribution in [2.24, 2.45) is 0 Å². The largest absolute Gasteiger partial charge is 0.448 e. The number of para-hydroxylation sites is 1. The van der Waals surface area contributed by atoms with Gasteiger partial charge >= 0.3 is 5.97 Å². The highest BCUT2D eigenvalue weighted by Crippen LogP contribution is 2.27. The molecule has 0 saturated heterocycles. The van der Waals surface area contributed by atoms with Crippen molar-refractivity contribution in [2.75, 3.05) is 5.32 Å². The predicted molar refractivity (Wildman–Crippen MR) is 96.4 cm³/mol. The Labute approximate surface area is 152 Å². The van der Waals surface area contributed by atoms with Gasteiger partial charge in [-0.25, -0.2) is 9.18 Å². The Kier molecular flexibility index (Phi) is 4.96. The molecule has 0 saturated carbocycles. The summed E-state index contributed by atoms with van der Waals surface area (Å²) in [5.74, 6) is -1.60. The number of anilines is 1. The summed E-state index contributed by atoms with van der Waals surface area (Å²) >= 11 is 1.16. The SMILES string of the molecule is C[C@H](OC(=O)c1cc2cc(F)ccc2s1)C(=O)Nc1ccccc1C#N. The fourth-order valence-corrected chi connectivity index (χ4v) is 3.24. The van der Waals surface area contributed by atoms with Gasteiger partial charge in [-0.3, -0.25) is 4.79 Å². The molecule has 5 nitrogen and oxygen atoms in total. The molecule has 3 rings (SSSR count). The van der Waals surface area contributed by atoms with Crippen molar-refractivity contribution in [3.63, 3.8) is 0 Å². The number of hydrogen-bond donors (Lipinski definition) is 1. The zero-order chi connectivity index (χ0) is 18.7. The van der Waals surface area contributed by atoms with Crippen LogP contribution in [0.2, 0.25) is 0 Å². The second-order valence-electron chi connectivity index (χ2n) is 5.49. The second-order valence-corrected chi connectivity index (χ2v) is 6.57. The molecule has 0 aliphatic carbocycles. The first kappa shape index (κ1) is 17.6. The van der Waals surface area contributed by atoms with Gasteiger partial charge in [-0.2, -0.15) is 5.26 Å². The number of rotatable bonds is 4. The zero-order valence-electron chi connectivity index (χ0n) is 13.7. The van der Waals surface area contributed by atoms with Crippen LogP contribution in [0.1, 0.15) is 22.2 Å². The lowest BCUT2D eigenvalue weighted by Crippen LogP contribution is -2.30. The van der Waals surface area contributed by atoms with Gasteiger partial charge in [0.1, 0.15) is 16.8 Å². The first-order valence-corrected chi connectivity index (χ1v) is 8.49. The van der Waals surface area contributed by atoms with Crippen LogP contribution in [0.3, 0.4) is 0 Å². The van der Waals surface area contributed by atoms with Crippen molar-refractivity contribution in [2.45, 2.75) is 13.0 Å². The van der Waals surface area contributed by atoms with Gasteiger partial charge in [0.25, 0.3) is 5.91 Å². The highest BCUT2D eigenvalue weighted by atomic mass is 32.1. The van der Waals surface area contributed by atoms with E-state index in [1.54, 1.807) is 30.3 Å². The number of ether oxygens (including phenoxy) is 1. The average molecular weight is 368 g/mol. The average Bonchev–Trinajstić information content (AvgIpc) is 3.05. The van der Waals surface area contributed by atoms with E-state index in [2.05, 4.69) is 5.32 Å². The van der Waals surface area contributed by atoms with Gasteiger partial charge in [0.15, 0.2) is 6.10 Å². The van der Waals surface area contributed by atoms with E-state index in [9.17, 15) is 14.0 Å². The third kappa shape index (κ3) is 3.71. The van der Waals surface area contributed by atoms with Crippen LogP contribution in [0.5, 0.6) is 0 Å². The molecular formula is C19H13FN2O3S. The Morgan fingerprint density at radius 3 is 2.77 bits per heavy atom. The molecule has 0 fully saturated rings. The van der Waals surface area contributed by atoms with Crippen LogP contribution in [-0.2, 0) is 9.53 Å². The Morgan fingerprint density at radius 2 is 2.00 bits per heavy atom. The Bertz CT molecular complexity index is 1040. The molecule has 26 heavy (non-hydrogen) atoms. The molecule has 2 aromatic carbocycles. The number of halogens is 1. The van der Waals surface area contributed by atoms with E-state index in [0.717, 1.165) is 16.0 Å². The maximum Gasteiger partial charge on any atom is 0.349 e. The van der Waals surface area contributed by atoms with Gasteiger partial charge in [-0.05, 0) is 48.7 Å². The number of nitrogens with zero attached hydrogens (tertiary/aromatic N) is 1. The third-order valence-corrected chi connectivity index (χ3v) is 4.73. The van der Waals surface area contributed by atoms with Crippen LogP contribution in [-0.4, -0.2) is 18.0 Å². The van der Waals surface area contributed by atoms with Crippen molar-refractivity contribution in [1.82, 2.24) is 0 Å². The third-order valence-electron chi connectivity index (χ3n) is 3.64. The lowest BCUT2D eigenvalue weighted by atomic mass is 10.2. The first-order valence-electron chi connectivity index (χ1n) is 7.68. The molecule has 0 spiro atoms. The zero-order valence-corrected chi connectivity index (χ0v) is 14.5. The van der Waals surface area contributed by atoms with Gasteiger partial charge in [0.05, 0.1) is 11.3 Å². The van der Waals surface area contributed by atoms with Crippen LogP contribution in [0.25, 0.3) is 10.1 Å². The number of amides is 1. The highest BCUT2D eigenvalue weighted by molar-refractivity contribution is 7.20. The van der Waals surface area contributed by atoms with E-state index in [0.29, 0.717) is 16.6 Å². The van der Waals surface area contributed by atoms with E-state index in [4.69, 9.17) is 10.00 Å². The summed E-state index contributed by atoms with van der Waals surface area (Å²) in [5.41, 5.74) is 0.658. The fourth-order valence-electron chi connectivity index (χ4n) is 2.31. The van der Waals surface area contributed by atoms with Crippen molar-refractivity contribution in [1.29, 1.82) is 5.26 Å². The maximum absolute atomic E-state index is 13.2. The van der Waals surface area contributed by atoms with E-state index >= 15 is 0 Å². The minimum absolute atomic E-state index is 0.280. The topological polar surface area (TPSA) is 79.2 Å². The van der Waals surface area contributed by atoms with E-state index in [1.807, 2.05) is 6.07 Å². The molecule has 1 heterocycles. The molecule has 3 aromatic rings. The number of benzene rings is 2. The molecule has 1 amide bonds. The number of thiophene rings is 1. The molecule has 130 valence electrons. The Morgan fingerprint density at radius 1 is 1.23 bits per heavy atom. The highest BCUT2D eigenvalue weighted by Gasteiger charge is 2.21. The second kappa shape index (κ2) is 7.33. The number of carbonyl (C=O) groups excluding carboxylic acids is 2. The summed E-state index contributed by atoms with van der Waals surface area (Å²) in [6, 6.07) is 14.3. The van der Waals surface area contributed by atoms with Crippen LogP contribution >= 0.6 is 11.3 Å². The normalized spacial score (nSPS) is 11.6. The van der Waals surface area contributed by atoms with Crippen molar-refractivity contribution >= 4 is 39.0 Å². The molecule has 1 N–H and O–H groups in total. The number of nitrogens with one attached hydrogen (secondary N) is 1. The predicted octanol–water partition coefficient (Wildman–Crippen LogP) is 4.10. The lowest BCUT2D eigenvalue weighted by molar-refractivity contribution is -0.123. The van der Waals surface area contributed by atoms with Crippen molar-refractivity contribution in [3.8, 4) is 6.07 Å². The van der Waals surface area contributed by atoms with Gasteiger partial charge in [0.2, 0.25) is 0 Å². The molecule has 0 radical (unpaired) electrons. The number of esters is 1. The molecule has 1 aromatic heterocycles. The summed E-state index contributed by atoms with van der Waals surface area (Å²) in [6.45, 7) is 1.44. The summed E-state index contributed by atoms with van der Waals surface area (Å²) in [7, 11) is 0. The quantitative estimate of drug-likeness (QED) is 0.703. The van der Waals surface area contributed by atoms with Crippen LogP contribution in [0.4, 0.5) is 10.1 Å². The van der Waals surface area contributed by atoms with E-state index in [1.165, 1.54) is 25.1 Å². The molecule has 0 unspecified atom stereocenters. The Balaban J connectivity index is 1.69. The van der Waals surface area contributed by atoms with Crippen LogP contribution < -0.4 is 5.32 Å². The van der Waals surface area contributed by atoms with Gasteiger partial charge in [0, 0.05) is 4.70 Å². The van der Waals surface area contributed by atoms with Gasteiger partial charge in [-0.15, -0.1) is 11.3 Å². The summed E-state index contributed by atoms with van der Waals surface area (Å²) in [6.07, 6.45) is -1.06. The summed E-state index contributed by atoms with van der Waals surface area (Å²) in [4.78, 5) is 24.8. The summed E-state index contributed by atoms with van der Waals surface area (Å²) in [5, 5.41) is 12.2. The van der Waals surface area contributed by atoms with Gasteiger partial charge < -0.3 is 10.1 Å². The summed E-state index contributed by atoms with van der Waals surface area (Å²) < 4.78 is 19.2. The lowest BCUT2D eigenvalue weighted by Gasteiger charge is -2.13. The smallest absolute Gasteiger partial charge is 0.349 e. The first-order chi connectivity index (χ1) is 12.5. The molecule has 0 aliphatic rings. The molecule has 7 heteroatoms. The van der Waals surface area contributed by atoms with Crippen LogP contribution in [0.15, 0.2) is 48.5 Å². The number of carbonyl (C=O) groups is 2. The van der Waals surface area contributed by atoms with Crippen molar-refractivity contribution < 1.29 is 18.7 Å². The van der Waals surface area contributed by atoms with Crippen molar-refractivity contribution in [3.05, 3.63) is 64.8 Å². The van der Waals surface area contributed by atoms with Crippen LogP contribution in [0, 0.1) is 17.1 Å². The Hall–Kier alpha value is -3.24. The maximum atomic E-state index is 13.2. The molecular weight excluding hydrogens is 355 g/mol. The number of nitriles is 1. The number of hydrogen-bond acceptors (Lipinski definition) is 5. The monoisotopic (exact) mass is 368 g/mol. The van der Waals surface area contributed by atoms with Gasteiger partial charge in [-0.1, -0.05) is 12.1 Å². The fraction of sp³-hybridized carbons (Fsp3) is 0.105.